The van der Waals surface area contributed by atoms with Gasteiger partial charge >= 0.3 is 0 Å². The van der Waals surface area contributed by atoms with E-state index in [1.807, 2.05) is 18.2 Å². The van der Waals surface area contributed by atoms with Crippen LogP contribution in [0.3, 0.4) is 0 Å². The molecule has 0 spiro atoms. The van der Waals surface area contributed by atoms with Crippen LogP contribution in [-0.4, -0.2) is 12.9 Å². The molecule has 1 heterocycles. The van der Waals surface area contributed by atoms with Crippen LogP contribution in [0.4, 0.5) is 10.1 Å². The number of thiophene rings is 1. The van der Waals surface area contributed by atoms with Crippen LogP contribution in [0, 0.1) is 12.7 Å². The van der Waals surface area contributed by atoms with Crippen molar-refractivity contribution in [3.8, 4) is 17.2 Å². The van der Waals surface area contributed by atoms with Crippen LogP contribution < -0.4 is 15.2 Å². The molecule has 0 bridgehead atoms. The zero-order chi connectivity index (χ0) is 20.5. The number of ketones is 1. The van der Waals surface area contributed by atoms with Crippen molar-refractivity contribution >= 4 is 32.9 Å². The maximum Gasteiger partial charge on any atom is 0.207 e. The monoisotopic (exact) mass is 407 g/mol. The Bertz CT molecular complexity index is 1220. The number of benzene rings is 3. The number of halogens is 1. The molecule has 0 radical (unpaired) electrons. The van der Waals surface area contributed by atoms with Crippen molar-refractivity contribution < 1.29 is 18.7 Å². The second-order valence-electron chi connectivity index (χ2n) is 6.58. The number of rotatable bonds is 5. The number of carbonyl (C=O) groups is 1. The average Bonchev–Trinajstić information content (AvgIpc) is 3.06. The molecule has 0 aliphatic carbocycles. The summed E-state index contributed by atoms with van der Waals surface area (Å²) in [6, 6.07) is 16.7. The summed E-state index contributed by atoms with van der Waals surface area (Å²) in [6.45, 7) is 1.72. The summed E-state index contributed by atoms with van der Waals surface area (Å²) in [5.74, 6) is 1.13. The van der Waals surface area contributed by atoms with Gasteiger partial charge in [-0.25, -0.2) is 4.39 Å². The molecule has 1 aromatic heterocycles. The second-order valence-corrected chi connectivity index (χ2v) is 7.63. The Hall–Kier alpha value is -3.38. The molecule has 2 N–H and O–H groups in total. The minimum Gasteiger partial charge on any atom is -0.497 e. The lowest BCUT2D eigenvalue weighted by Gasteiger charge is -2.09. The third-order valence-corrected chi connectivity index (χ3v) is 5.72. The Balaban J connectivity index is 1.86. The summed E-state index contributed by atoms with van der Waals surface area (Å²) in [5.41, 5.74) is 7.38. The number of aryl methyl sites for hydroxylation is 1. The Morgan fingerprint density at radius 2 is 1.72 bits per heavy atom. The molecule has 0 amide bonds. The maximum atomic E-state index is 13.5. The van der Waals surface area contributed by atoms with Gasteiger partial charge in [0.1, 0.15) is 22.2 Å². The van der Waals surface area contributed by atoms with Gasteiger partial charge < -0.3 is 15.2 Å². The van der Waals surface area contributed by atoms with Crippen LogP contribution in [-0.2, 0) is 0 Å². The number of anilines is 1. The predicted octanol–water partition coefficient (Wildman–Crippen LogP) is 5.96. The standard InChI is InChI=1S/C23H18FNO3S/c1-13-11-14(24)3-9-18(13)21(26)23-22(28-16-6-4-15(25)5-7-16)19-10-8-17(27-2)12-20(19)29-23/h3-12H,25H2,1-2H3. The normalized spacial score (nSPS) is 10.9. The third-order valence-electron chi connectivity index (χ3n) is 4.59. The Labute approximate surface area is 171 Å². The van der Waals surface area contributed by atoms with Crippen LogP contribution >= 0.6 is 11.3 Å². The molecule has 4 nitrogen and oxygen atoms in total. The van der Waals surface area contributed by atoms with Crippen LogP contribution in [0.2, 0.25) is 0 Å². The van der Waals surface area contributed by atoms with Gasteiger partial charge in [0.25, 0.3) is 0 Å². The lowest BCUT2D eigenvalue weighted by molar-refractivity contribution is 0.104. The highest BCUT2D eigenvalue weighted by Crippen LogP contribution is 2.43. The predicted molar refractivity (Wildman–Crippen MR) is 114 cm³/mol. The van der Waals surface area contributed by atoms with Crippen molar-refractivity contribution in [1.82, 2.24) is 0 Å². The molecule has 0 aliphatic rings. The van der Waals surface area contributed by atoms with Crippen LogP contribution in [0.25, 0.3) is 10.1 Å². The molecule has 0 saturated heterocycles. The molecule has 29 heavy (non-hydrogen) atoms. The first kappa shape index (κ1) is 19.0. The largest absolute Gasteiger partial charge is 0.497 e. The number of hydrogen-bond donors (Lipinski definition) is 1. The van der Waals surface area contributed by atoms with Crippen molar-refractivity contribution in [1.29, 1.82) is 0 Å². The van der Waals surface area contributed by atoms with E-state index in [0.29, 0.717) is 38.9 Å². The molecule has 0 fully saturated rings. The van der Waals surface area contributed by atoms with E-state index >= 15 is 0 Å². The molecular weight excluding hydrogens is 389 g/mol. The molecular formula is C23H18FNO3S. The number of methoxy groups -OCH3 is 1. The first-order valence-electron chi connectivity index (χ1n) is 8.91. The number of hydrogen-bond acceptors (Lipinski definition) is 5. The zero-order valence-corrected chi connectivity index (χ0v) is 16.7. The lowest BCUT2D eigenvalue weighted by Crippen LogP contribution is -2.03. The highest BCUT2D eigenvalue weighted by atomic mass is 32.1. The number of nitrogens with two attached hydrogens (primary N) is 1. The van der Waals surface area contributed by atoms with E-state index in [1.165, 1.54) is 29.5 Å². The Morgan fingerprint density at radius 1 is 1.00 bits per heavy atom. The summed E-state index contributed by atoms with van der Waals surface area (Å²) in [7, 11) is 1.59. The van der Waals surface area contributed by atoms with Gasteiger partial charge in [-0.05, 0) is 73.2 Å². The SMILES string of the molecule is COc1ccc2c(Oc3ccc(N)cc3)c(C(=O)c3ccc(F)cc3C)sc2c1. The fourth-order valence-electron chi connectivity index (χ4n) is 3.09. The number of ether oxygens (including phenoxy) is 2. The van der Waals surface area contributed by atoms with Crippen molar-refractivity contribution in [3.05, 3.63) is 82.5 Å². The maximum absolute atomic E-state index is 13.5. The first-order chi connectivity index (χ1) is 14.0. The summed E-state index contributed by atoms with van der Waals surface area (Å²) < 4.78 is 25.8. The molecule has 0 saturated carbocycles. The van der Waals surface area contributed by atoms with Crippen molar-refractivity contribution in [3.63, 3.8) is 0 Å². The number of nitrogen functional groups attached to an aromatic ring is 1. The van der Waals surface area contributed by atoms with Gasteiger partial charge in [-0.3, -0.25) is 4.79 Å². The van der Waals surface area contributed by atoms with Gasteiger partial charge in [-0.2, -0.15) is 0 Å². The molecule has 6 heteroatoms. The van der Waals surface area contributed by atoms with E-state index in [1.54, 1.807) is 38.3 Å². The molecule has 146 valence electrons. The van der Waals surface area contributed by atoms with E-state index in [4.69, 9.17) is 15.2 Å². The summed E-state index contributed by atoms with van der Waals surface area (Å²) in [6.07, 6.45) is 0. The van der Waals surface area contributed by atoms with Crippen molar-refractivity contribution in [2.75, 3.05) is 12.8 Å². The fraction of sp³-hybridized carbons (Fsp3) is 0.0870. The summed E-state index contributed by atoms with van der Waals surface area (Å²) >= 11 is 1.32. The Kier molecular flexibility index (Phi) is 4.94. The van der Waals surface area contributed by atoms with E-state index in [-0.39, 0.29) is 11.6 Å². The minimum atomic E-state index is -0.376. The molecule has 0 atom stereocenters. The highest BCUT2D eigenvalue weighted by molar-refractivity contribution is 7.21. The van der Waals surface area contributed by atoms with Gasteiger partial charge in [0.15, 0.2) is 5.75 Å². The molecule has 0 unspecified atom stereocenters. The third kappa shape index (κ3) is 3.67. The van der Waals surface area contributed by atoms with E-state index in [2.05, 4.69) is 0 Å². The van der Waals surface area contributed by atoms with Gasteiger partial charge in [0.05, 0.1) is 7.11 Å². The van der Waals surface area contributed by atoms with Crippen LogP contribution in [0.15, 0.2) is 60.7 Å². The molecule has 4 aromatic rings. The smallest absolute Gasteiger partial charge is 0.207 e. The van der Waals surface area contributed by atoms with Crippen LogP contribution in [0.1, 0.15) is 20.8 Å². The average molecular weight is 407 g/mol. The second kappa shape index (κ2) is 7.56. The minimum absolute atomic E-state index is 0.215. The topological polar surface area (TPSA) is 61.6 Å². The summed E-state index contributed by atoms with van der Waals surface area (Å²) in [5, 5.41) is 0.802. The lowest BCUT2D eigenvalue weighted by atomic mass is 10.0. The fourth-order valence-corrected chi connectivity index (χ4v) is 4.20. The van der Waals surface area contributed by atoms with Crippen molar-refractivity contribution in [2.24, 2.45) is 0 Å². The highest BCUT2D eigenvalue weighted by Gasteiger charge is 2.23. The van der Waals surface area contributed by atoms with Crippen molar-refractivity contribution in [2.45, 2.75) is 6.92 Å². The van der Waals surface area contributed by atoms with E-state index < -0.39 is 0 Å². The summed E-state index contributed by atoms with van der Waals surface area (Å²) in [4.78, 5) is 13.8. The van der Waals surface area contributed by atoms with E-state index in [0.717, 1.165) is 10.1 Å². The van der Waals surface area contributed by atoms with E-state index in [9.17, 15) is 9.18 Å². The Morgan fingerprint density at radius 3 is 2.41 bits per heavy atom. The van der Waals surface area contributed by atoms with Crippen LogP contribution in [0.5, 0.6) is 17.2 Å². The quantitative estimate of drug-likeness (QED) is 0.327. The van der Waals surface area contributed by atoms with Gasteiger partial charge in [0.2, 0.25) is 5.78 Å². The zero-order valence-electron chi connectivity index (χ0n) is 15.9. The molecule has 0 aliphatic heterocycles. The first-order valence-corrected chi connectivity index (χ1v) is 9.72. The molecule has 4 rings (SSSR count). The molecule has 3 aromatic carbocycles. The van der Waals surface area contributed by atoms with Gasteiger partial charge in [0, 0.05) is 21.3 Å². The van der Waals surface area contributed by atoms with Gasteiger partial charge in [-0.1, -0.05) is 0 Å². The number of fused-ring (bicyclic) bond motifs is 1. The van der Waals surface area contributed by atoms with Gasteiger partial charge in [-0.15, -0.1) is 11.3 Å². The number of carbonyl (C=O) groups excluding carboxylic acids is 1.